The van der Waals surface area contributed by atoms with Gasteiger partial charge in [-0.3, -0.25) is 19.6 Å². The number of H-pyrrole nitrogens is 1. The van der Waals surface area contributed by atoms with Crippen LogP contribution in [-0.4, -0.2) is 39.0 Å². The smallest absolute Gasteiger partial charge is 0.247 e. The fourth-order valence-corrected chi connectivity index (χ4v) is 2.14. The maximum absolute atomic E-state index is 12.0. The number of aromatic nitrogens is 2. The Hall–Kier alpha value is -1.69. The van der Waals surface area contributed by atoms with Crippen molar-refractivity contribution >= 4 is 11.8 Å². The molecule has 2 heterocycles. The van der Waals surface area contributed by atoms with Gasteiger partial charge in [0.25, 0.3) is 0 Å². The minimum Gasteiger partial charge on any atom is -0.301 e. The molecule has 1 saturated carbocycles. The molecule has 1 aromatic rings. The van der Waals surface area contributed by atoms with Crippen LogP contribution in [0, 0.1) is 0 Å². The molecule has 1 atom stereocenters. The number of likely N-dealkylation sites (tertiary alicyclic amines) is 1. The lowest BCUT2D eigenvalue weighted by atomic mass is 10.2. The molecule has 6 heteroatoms. The summed E-state index contributed by atoms with van der Waals surface area (Å²) in [6, 6.07) is -0.186. The van der Waals surface area contributed by atoms with Crippen LogP contribution in [0.1, 0.15) is 24.8 Å². The third-order valence-electron chi connectivity index (χ3n) is 3.20. The second-order valence-corrected chi connectivity index (χ2v) is 4.58. The predicted molar refractivity (Wildman–Crippen MR) is 58.7 cm³/mol. The molecule has 1 unspecified atom stereocenters. The van der Waals surface area contributed by atoms with E-state index < -0.39 is 0 Å². The molecule has 0 spiro atoms. The lowest BCUT2D eigenvalue weighted by Gasteiger charge is -2.13. The topological polar surface area (TPSA) is 78.1 Å². The van der Waals surface area contributed by atoms with Crippen LogP contribution in [0.3, 0.4) is 0 Å². The normalized spacial score (nSPS) is 24.7. The molecule has 6 nitrogen and oxygen atoms in total. The maximum atomic E-state index is 12.0. The maximum Gasteiger partial charge on any atom is 0.247 e. The van der Waals surface area contributed by atoms with Gasteiger partial charge >= 0.3 is 0 Å². The third kappa shape index (κ3) is 1.95. The summed E-state index contributed by atoms with van der Waals surface area (Å²) in [4.78, 5) is 25.1. The van der Waals surface area contributed by atoms with Crippen LogP contribution < -0.4 is 5.32 Å². The highest BCUT2D eigenvalue weighted by molar-refractivity contribution is 6.06. The van der Waals surface area contributed by atoms with E-state index in [0.717, 1.165) is 18.4 Å². The number of carbonyl (C=O) groups is 2. The van der Waals surface area contributed by atoms with Crippen LogP contribution in [0.2, 0.25) is 0 Å². The van der Waals surface area contributed by atoms with Crippen molar-refractivity contribution in [1.82, 2.24) is 20.4 Å². The Morgan fingerprint density at radius 1 is 1.47 bits per heavy atom. The Labute approximate surface area is 98.4 Å². The summed E-state index contributed by atoms with van der Waals surface area (Å²) in [7, 11) is 0. The summed E-state index contributed by atoms with van der Waals surface area (Å²) in [5, 5.41) is 9.64. The number of aromatic amines is 1. The van der Waals surface area contributed by atoms with Gasteiger partial charge in [0.1, 0.15) is 0 Å². The molecule has 2 aliphatic rings. The Balaban J connectivity index is 1.61. The second-order valence-electron chi connectivity index (χ2n) is 4.58. The highest BCUT2D eigenvalue weighted by Crippen LogP contribution is 2.31. The van der Waals surface area contributed by atoms with Gasteiger partial charge in [-0.25, -0.2) is 0 Å². The largest absolute Gasteiger partial charge is 0.301 e. The van der Waals surface area contributed by atoms with Crippen molar-refractivity contribution in [2.75, 3.05) is 0 Å². The Morgan fingerprint density at radius 3 is 2.94 bits per heavy atom. The monoisotopic (exact) mass is 234 g/mol. The van der Waals surface area contributed by atoms with Gasteiger partial charge in [0.05, 0.1) is 18.7 Å². The van der Waals surface area contributed by atoms with Crippen molar-refractivity contribution in [3.63, 3.8) is 0 Å². The zero-order valence-corrected chi connectivity index (χ0v) is 9.35. The summed E-state index contributed by atoms with van der Waals surface area (Å²) < 4.78 is 0. The van der Waals surface area contributed by atoms with E-state index in [9.17, 15) is 9.59 Å². The first-order chi connectivity index (χ1) is 8.25. The van der Waals surface area contributed by atoms with Crippen molar-refractivity contribution in [1.29, 1.82) is 0 Å². The van der Waals surface area contributed by atoms with Gasteiger partial charge in [-0.1, -0.05) is 0 Å². The molecule has 0 radical (unpaired) electrons. The highest BCUT2D eigenvalue weighted by Gasteiger charge is 2.45. The number of carbonyl (C=O) groups excluding carboxylic acids is 2. The Morgan fingerprint density at radius 2 is 2.29 bits per heavy atom. The summed E-state index contributed by atoms with van der Waals surface area (Å²) >= 11 is 0. The van der Waals surface area contributed by atoms with E-state index in [1.165, 1.54) is 4.90 Å². The van der Waals surface area contributed by atoms with Crippen LogP contribution in [0.15, 0.2) is 12.4 Å². The average molecular weight is 234 g/mol. The molecule has 1 aliphatic heterocycles. The zero-order chi connectivity index (χ0) is 11.8. The van der Waals surface area contributed by atoms with Crippen molar-refractivity contribution in [2.24, 2.45) is 0 Å². The summed E-state index contributed by atoms with van der Waals surface area (Å²) in [5.41, 5.74) is 0.982. The van der Waals surface area contributed by atoms with Gasteiger partial charge in [-0.2, -0.15) is 5.10 Å². The fraction of sp³-hybridized carbons (Fsp3) is 0.545. The molecular weight excluding hydrogens is 220 g/mol. The van der Waals surface area contributed by atoms with E-state index >= 15 is 0 Å². The number of imide groups is 1. The number of hydrogen-bond acceptors (Lipinski definition) is 4. The fourth-order valence-electron chi connectivity index (χ4n) is 2.14. The molecule has 90 valence electrons. The molecule has 2 N–H and O–H groups in total. The zero-order valence-electron chi connectivity index (χ0n) is 9.35. The molecule has 17 heavy (non-hydrogen) atoms. The van der Waals surface area contributed by atoms with E-state index in [1.54, 1.807) is 12.4 Å². The van der Waals surface area contributed by atoms with Gasteiger partial charge in [0, 0.05) is 24.3 Å². The Kier molecular flexibility index (Phi) is 2.44. The first-order valence-corrected chi connectivity index (χ1v) is 5.82. The summed E-state index contributed by atoms with van der Waals surface area (Å²) in [5.74, 6) is -0.108. The molecule has 2 fully saturated rings. The number of rotatable bonds is 4. The van der Waals surface area contributed by atoms with Gasteiger partial charge in [-0.15, -0.1) is 0 Å². The van der Waals surface area contributed by atoms with E-state index in [2.05, 4.69) is 15.5 Å². The molecule has 2 amide bonds. The molecule has 3 rings (SSSR count). The molecule has 0 aromatic carbocycles. The van der Waals surface area contributed by atoms with Crippen molar-refractivity contribution < 1.29 is 9.59 Å². The third-order valence-corrected chi connectivity index (χ3v) is 3.20. The first-order valence-electron chi connectivity index (χ1n) is 5.82. The number of nitrogens with one attached hydrogen (secondary N) is 2. The molecule has 0 bridgehead atoms. The first kappa shape index (κ1) is 10.5. The van der Waals surface area contributed by atoms with Crippen LogP contribution >= 0.6 is 0 Å². The van der Waals surface area contributed by atoms with E-state index in [4.69, 9.17) is 0 Å². The molecule has 1 saturated heterocycles. The van der Waals surface area contributed by atoms with E-state index in [-0.39, 0.29) is 30.3 Å². The van der Waals surface area contributed by atoms with Crippen molar-refractivity contribution in [3.05, 3.63) is 18.0 Å². The van der Waals surface area contributed by atoms with Crippen LogP contribution in [0.25, 0.3) is 0 Å². The van der Waals surface area contributed by atoms with Crippen molar-refractivity contribution in [2.45, 2.75) is 37.9 Å². The molecule has 1 aromatic heterocycles. The van der Waals surface area contributed by atoms with E-state index in [0.29, 0.717) is 6.54 Å². The highest BCUT2D eigenvalue weighted by atomic mass is 16.2. The minimum absolute atomic E-state index is 0.0396. The van der Waals surface area contributed by atoms with Gasteiger partial charge < -0.3 is 5.32 Å². The van der Waals surface area contributed by atoms with Crippen LogP contribution in [-0.2, 0) is 16.1 Å². The standard InChI is InChI=1S/C11H14N4O2/c16-10-3-9(11(17)15(10)8-1-2-8)12-4-7-5-13-14-6-7/h5-6,8-9,12H,1-4H2,(H,13,14). The number of hydrogen-bond donors (Lipinski definition) is 2. The van der Waals surface area contributed by atoms with E-state index in [1.807, 2.05) is 0 Å². The predicted octanol–water partition coefficient (Wildman–Crippen LogP) is -0.211. The second kappa shape index (κ2) is 3.96. The minimum atomic E-state index is -0.363. The number of nitrogens with zero attached hydrogens (tertiary/aromatic N) is 2. The van der Waals surface area contributed by atoms with Gasteiger partial charge in [0.2, 0.25) is 11.8 Å². The lowest BCUT2D eigenvalue weighted by molar-refractivity contribution is -0.139. The SMILES string of the molecule is O=C1CC(NCc2cn[nH]c2)C(=O)N1C1CC1. The van der Waals surface area contributed by atoms with Crippen LogP contribution in [0.4, 0.5) is 0 Å². The van der Waals surface area contributed by atoms with Gasteiger partial charge in [0.15, 0.2) is 0 Å². The number of amides is 2. The molecule has 1 aliphatic carbocycles. The van der Waals surface area contributed by atoms with Crippen molar-refractivity contribution in [3.8, 4) is 0 Å². The quantitative estimate of drug-likeness (QED) is 0.707. The van der Waals surface area contributed by atoms with Crippen LogP contribution in [0.5, 0.6) is 0 Å². The average Bonchev–Trinajstić information content (AvgIpc) is 2.90. The van der Waals surface area contributed by atoms with Gasteiger partial charge in [-0.05, 0) is 12.8 Å². The molecular formula is C11H14N4O2. The lowest BCUT2D eigenvalue weighted by Crippen LogP contribution is -2.39. The summed E-state index contributed by atoms with van der Waals surface area (Å²) in [6.07, 6.45) is 5.69. The summed E-state index contributed by atoms with van der Waals surface area (Å²) in [6.45, 7) is 0.554. The Bertz CT molecular complexity index is 438.